The van der Waals surface area contributed by atoms with Crippen LogP contribution in [0.4, 0.5) is 0 Å². The van der Waals surface area contributed by atoms with Crippen molar-refractivity contribution in [3.8, 4) is 0 Å². The quantitative estimate of drug-likeness (QED) is 0.885. The molecule has 1 aromatic carbocycles. The third-order valence-electron chi connectivity index (χ3n) is 3.22. The van der Waals surface area contributed by atoms with E-state index >= 15 is 0 Å². The zero-order valence-electron chi connectivity index (χ0n) is 10.8. The van der Waals surface area contributed by atoms with Crippen LogP contribution in [0.5, 0.6) is 0 Å². The number of hydrogen-bond acceptors (Lipinski definition) is 4. The van der Waals surface area contributed by atoms with Crippen LogP contribution in [0.15, 0.2) is 35.6 Å². The first-order chi connectivity index (χ1) is 9.49. The van der Waals surface area contributed by atoms with Crippen molar-refractivity contribution >= 4 is 23.3 Å². The monoisotopic (exact) mass is 295 g/mol. The Balaban J connectivity index is 2.58. The minimum absolute atomic E-state index is 0.00949. The fourth-order valence-electron chi connectivity index (χ4n) is 2.37. The third-order valence-corrected chi connectivity index (χ3v) is 3.57. The van der Waals surface area contributed by atoms with Gasteiger partial charge in [-0.25, -0.2) is 0 Å². The molecule has 6 heteroatoms. The van der Waals surface area contributed by atoms with Gasteiger partial charge in [-0.1, -0.05) is 29.8 Å². The Kier molecular flexibility index (Phi) is 4.11. The lowest BCUT2D eigenvalue weighted by atomic mass is 9.97. The van der Waals surface area contributed by atoms with Gasteiger partial charge < -0.3 is 15.1 Å². The maximum atomic E-state index is 12.0. The number of benzene rings is 1. The van der Waals surface area contributed by atoms with Crippen molar-refractivity contribution in [2.45, 2.75) is 13.0 Å². The lowest BCUT2D eigenvalue weighted by molar-refractivity contribution is -0.129. The lowest BCUT2D eigenvalue weighted by Crippen LogP contribution is -2.33. The van der Waals surface area contributed by atoms with Gasteiger partial charge in [0, 0.05) is 11.6 Å². The number of Topliss-reactive ketones (excluding diaryl/α,β-unsaturated/α-hetero) is 1. The summed E-state index contributed by atoms with van der Waals surface area (Å²) < 4.78 is 0. The zero-order chi connectivity index (χ0) is 14.9. The van der Waals surface area contributed by atoms with Crippen LogP contribution in [0.1, 0.15) is 18.5 Å². The van der Waals surface area contributed by atoms with Crippen LogP contribution in [0.3, 0.4) is 0 Å². The number of halogens is 1. The van der Waals surface area contributed by atoms with Crippen LogP contribution in [0, 0.1) is 0 Å². The van der Waals surface area contributed by atoms with Crippen molar-refractivity contribution in [3.05, 3.63) is 46.2 Å². The Morgan fingerprint density at radius 3 is 2.60 bits per heavy atom. The number of β-amino-alcohol motifs (C(OH)–C–C–N with tert-alkyl or cyclic N) is 1. The van der Waals surface area contributed by atoms with E-state index in [1.165, 1.54) is 11.8 Å². The van der Waals surface area contributed by atoms with Gasteiger partial charge in [0.05, 0.1) is 18.2 Å². The minimum Gasteiger partial charge on any atom is -0.503 e. The molecule has 0 bridgehead atoms. The molecule has 2 rings (SSSR count). The van der Waals surface area contributed by atoms with Gasteiger partial charge in [-0.05, 0) is 18.6 Å². The van der Waals surface area contributed by atoms with Crippen molar-refractivity contribution in [1.82, 2.24) is 4.90 Å². The van der Waals surface area contributed by atoms with Gasteiger partial charge in [0.2, 0.25) is 0 Å². The van der Waals surface area contributed by atoms with Gasteiger partial charge in [0.15, 0.2) is 11.5 Å². The van der Waals surface area contributed by atoms with E-state index in [1.807, 2.05) is 0 Å². The van der Waals surface area contributed by atoms with E-state index in [1.54, 1.807) is 24.3 Å². The number of carbonyl (C=O) groups excluding carboxylic acids is 2. The standard InChI is InChI=1S/C14H14ClNO4/c1-8(18)11-12(9-4-2-3-5-10(9)15)16(6-7-17)14(20)13(11)19/h2-5,12,17,19H,6-7H2,1H3/t12-/m0/s1. The number of ketones is 1. The summed E-state index contributed by atoms with van der Waals surface area (Å²) in [6.45, 7) is 1.02. The molecule has 1 aliphatic rings. The second-order valence-electron chi connectivity index (χ2n) is 4.46. The molecule has 0 aromatic heterocycles. The van der Waals surface area contributed by atoms with Gasteiger partial charge in [0.1, 0.15) is 0 Å². The van der Waals surface area contributed by atoms with Crippen LogP contribution in [0.2, 0.25) is 5.02 Å². The fraction of sp³-hybridized carbons (Fsp3) is 0.286. The van der Waals surface area contributed by atoms with Crippen LogP contribution < -0.4 is 0 Å². The normalized spacial score (nSPS) is 18.9. The van der Waals surface area contributed by atoms with E-state index in [4.69, 9.17) is 16.7 Å². The summed E-state index contributed by atoms with van der Waals surface area (Å²) in [7, 11) is 0. The predicted molar refractivity (Wildman–Crippen MR) is 73.3 cm³/mol. The Labute approximate surface area is 121 Å². The average Bonchev–Trinajstić information content (AvgIpc) is 2.65. The Bertz CT molecular complexity index is 597. The highest BCUT2D eigenvalue weighted by Crippen LogP contribution is 2.39. The van der Waals surface area contributed by atoms with Crippen molar-refractivity contribution in [3.63, 3.8) is 0 Å². The van der Waals surface area contributed by atoms with E-state index in [0.717, 1.165) is 0 Å². The average molecular weight is 296 g/mol. The Morgan fingerprint density at radius 2 is 2.05 bits per heavy atom. The van der Waals surface area contributed by atoms with Crippen LogP contribution >= 0.6 is 11.6 Å². The van der Waals surface area contributed by atoms with Crippen molar-refractivity contribution in [1.29, 1.82) is 0 Å². The number of hydrogen-bond donors (Lipinski definition) is 2. The summed E-state index contributed by atoms with van der Waals surface area (Å²) in [5, 5.41) is 19.4. The number of carbonyl (C=O) groups is 2. The minimum atomic E-state index is -0.763. The summed E-state index contributed by atoms with van der Waals surface area (Å²) in [5.74, 6) is -1.65. The molecule has 1 amide bonds. The van der Waals surface area contributed by atoms with Crippen LogP contribution in [0.25, 0.3) is 0 Å². The molecular weight excluding hydrogens is 282 g/mol. The van der Waals surface area contributed by atoms with Crippen molar-refractivity contribution in [2.24, 2.45) is 0 Å². The summed E-state index contributed by atoms with van der Waals surface area (Å²) in [6, 6.07) is 6.03. The third kappa shape index (κ3) is 2.30. The van der Waals surface area contributed by atoms with E-state index in [-0.39, 0.29) is 18.7 Å². The second-order valence-corrected chi connectivity index (χ2v) is 4.87. The van der Waals surface area contributed by atoms with Gasteiger partial charge in [0.25, 0.3) is 5.91 Å². The lowest BCUT2D eigenvalue weighted by Gasteiger charge is -2.26. The maximum Gasteiger partial charge on any atom is 0.290 e. The molecule has 0 saturated heterocycles. The number of nitrogens with zero attached hydrogens (tertiary/aromatic N) is 1. The number of aliphatic hydroxyl groups excluding tert-OH is 2. The molecular formula is C14H14ClNO4. The smallest absolute Gasteiger partial charge is 0.290 e. The number of amides is 1. The largest absolute Gasteiger partial charge is 0.503 e. The van der Waals surface area contributed by atoms with Gasteiger partial charge in [-0.3, -0.25) is 9.59 Å². The highest BCUT2D eigenvalue weighted by atomic mass is 35.5. The molecule has 2 N–H and O–H groups in total. The van der Waals surface area contributed by atoms with E-state index < -0.39 is 23.5 Å². The van der Waals surface area contributed by atoms with E-state index in [2.05, 4.69) is 0 Å². The van der Waals surface area contributed by atoms with Crippen molar-refractivity contribution in [2.75, 3.05) is 13.2 Å². The molecule has 1 aromatic rings. The molecule has 0 aliphatic carbocycles. The predicted octanol–water partition coefficient (Wildman–Crippen LogP) is 1.62. The van der Waals surface area contributed by atoms with Crippen molar-refractivity contribution < 1.29 is 19.8 Å². The number of rotatable bonds is 4. The highest BCUT2D eigenvalue weighted by Gasteiger charge is 2.42. The topological polar surface area (TPSA) is 77.8 Å². The first kappa shape index (κ1) is 14.6. The Morgan fingerprint density at radius 1 is 1.40 bits per heavy atom. The summed E-state index contributed by atoms with van der Waals surface area (Å²) in [6.07, 6.45) is 0. The molecule has 0 spiro atoms. The molecule has 5 nitrogen and oxygen atoms in total. The maximum absolute atomic E-state index is 12.0. The molecule has 106 valence electrons. The van der Waals surface area contributed by atoms with Crippen LogP contribution in [-0.4, -0.2) is 40.0 Å². The summed E-state index contributed by atoms with van der Waals surface area (Å²) >= 11 is 6.12. The molecule has 0 radical (unpaired) electrons. The summed E-state index contributed by atoms with van der Waals surface area (Å²) in [4.78, 5) is 25.0. The van der Waals surface area contributed by atoms with E-state index in [9.17, 15) is 14.7 Å². The van der Waals surface area contributed by atoms with Gasteiger partial charge in [-0.2, -0.15) is 0 Å². The van der Waals surface area contributed by atoms with Crippen LogP contribution in [-0.2, 0) is 9.59 Å². The Hall–Kier alpha value is -1.85. The molecule has 1 aliphatic heterocycles. The fourth-order valence-corrected chi connectivity index (χ4v) is 2.61. The molecule has 0 fully saturated rings. The first-order valence-corrected chi connectivity index (χ1v) is 6.47. The van der Waals surface area contributed by atoms with Gasteiger partial charge in [-0.15, -0.1) is 0 Å². The first-order valence-electron chi connectivity index (χ1n) is 6.09. The van der Waals surface area contributed by atoms with Gasteiger partial charge >= 0.3 is 0 Å². The molecule has 20 heavy (non-hydrogen) atoms. The molecule has 0 unspecified atom stereocenters. The second kappa shape index (κ2) is 5.64. The SMILES string of the molecule is CC(=O)C1=C(O)C(=O)N(CCO)[C@H]1c1ccccc1Cl. The van der Waals surface area contributed by atoms with E-state index in [0.29, 0.717) is 10.6 Å². The molecule has 1 heterocycles. The number of aliphatic hydroxyl groups is 2. The molecule has 0 saturated carbocycles. The molecule has 1 atom stereocenters. The zero-order valence-corrected chi connectivity index (χ0v) is 11.6. The summed E-state index contributed by atoms with van der Waals surface area (Å²) in [5.41, 5.74) is 0.557. The highest BCUT2D eigenvalue weighted by molar-refractivity contribution is 6.31.